The molecule has 0 aromatic carbocycles. The normalized spacial score (nSPS) is 21.1. The van der Waals surface area contributed by atoms with Gasteiger partial charge in [-0.2, -0.15) is 0 Å². The molecule has 39 heavy (non-hydrogen) atoms. The number of aliphatic hydroxyl groups is 2. The van der Waals surface area contributed by atoms with Crippen molar-refractivity contribution in [3.05, 3.63) is 0 Å². The summed E-state index contributed by atoms with van der Waals surface area (Å²) < 4.78 is 17.2. The molecule has 1 aliphatic rings. The molecule has 1 saturated heterocycles. The quantitative estimate of drug-likeness (QED) is 0.0816. The Morgan fingerprint density at radius 1 is 0.615 bits per heavy atom. The molecule has 0 unspecified atom stereocenters. The van der Waals surface area contributed by atoms with E-state index in [0.29, 0.717) is 16.5 Å². The second-order valence-corrected chi connectivity index (χ2v) is 12.3. The zero-order chi connectivity index (χ0) is 28.6. The Morgan fingerprint density at radius 2 is 1.03 bits per heavy atom. The van der Waals surface area contributed by atoms with Crippen molar-refractivity contribution >= 4 is 34.5 Å². The highest BCUT2D eigenvalue weighted by Crippen LogP contribution is 2.21. The first kappa shape index (κ1) is 36.7. The predicted molar refractivity (Wildman–Crippen MR) is 171 cm³/mol. The molecule has 1 heterocycles. The van der Waals surface area contributed by atoms with Crippen LogP contribution in [0.3, 0.4) is 0 Å². The Balaban J connectivity index is 2.06. The Morgan fingerprint density at radius 3 is 1.49 bits per heavy atom. The van der Waals surface area contributed by atoms with E-state index in [-0.39, 0.29) is 13.2 Å². The lowest BCUT2D eigenvalue weighted by Gasteiger charge is -2.37. The van der Waals surface area contributed by atoms with Gasteiger partial charge in [-0.25, -0.2) is 0 Å². The van der Waals surface area contributed by atoms with Crippen LogP contribution < -0.4 is 0 Å². The van der Waals surface area contributed by atoms with E-state index in [2.05, 4.69) is 13.8 Å². The predicted octanol–water partition coefficient (Wildman–Crippen LogP) is 8.79. The molecule has 0 aromatic heterocycles. The maximum Gasteiger partial charge on any atom is 0.160 e. The number of rotatable bonds is 25. The van der Waals surface area contributed by atoms with E-state index in [1.807, 2.05) is 0 Å². The maximum absolute atomic E-state index is 10.6. The standard InChI is InChI=1S/C32H60O5S2/c1-3-5-7-9-11-13-15-17-19-21-23-29(38)36-25-27-31(33)32(34)28(26-35-27)37-30(39)24-22-20-18-16-14-12-10-8-6-4-2/h27-28,31-34H,3-26H2,1-2H3/t27-,28+,31-,32-/m1/s1. The molecule has 0 aliphatic carbocycles. The Bertz CT molecular complexity index is 601. The number of hydrogen-bond donors (Lipinski definition) is 2. The fourth-order valence-corrected chi connectivity index (χ4v) is 5.57. The van der Waals surface area contributed by atoms with E-state index >= 15 is 0 Å². The van der Waals surface area contributed by atoms with Gasteiger partial charge in [0.1, 0.15) is 24.9 Å². The number of aliphatic hydroxyl groups excluding tert-OH is 2. The van der Waals surface area contributed by atoms with E-state index < -0.39 is 24.4 Å². The molecule has 230 valence electrons. The molecule has 7 heteroatoms. The van der Waals surface area contributed by atoms with Gasteiger partial charge >= 0.3 is 0 Å². The molecule has 0 amide bonds. The lowest BCUT2D eigenvalue weighted by molar-refractivity contribution is -0.190. The second kappa shape index (κ2) is 25.4. The van der Waals surface area contributed by atoms with Gasteiger partial charge in [-0.15, -0.1) is 0 Å². The summed E-state index contributed by atoms with van der Waals surface area (Å²) in [5.41, 5.74) is 0. The van der Waals surface area contributed by atoms with Crippen molar-refractivity contribution in [1.29, 1.82) is 0 Å². The number of thiocarbonyl (C=S) groups is 2. The smallest absolute Gasteiger partial charge is 0.160 e. The van der Waals surface area contributed by atoms with E-state index in [4.69, 9.17) is 38.6 Å². The van der Waals surface area contributed by atoms with E-state index in [1.165, 1.54) is 103 Å². The van der Waals surface area contributed by atoms with Gasteiger partial charge in [0.15, 0.2) is 16.2 Å². The third-order valence-electron chi connectivity index (χ3n) is 7.75. The summed E-state index contributed by atoms with van der Waals surface area (Å²) >= 11 is 10.7. The van der Waals surface area contributed by atoms with Gasteiger partial charge < -0.3 is 24.4 Å². The Hall–Kier alpha value is -0.340. The van der Waals surface area contributed by atoms with E-state index in [1.54, 1.807) is 0 Å². The van der Waals surface area contributed by atoms with Crippen molar-refractivity contribution < 1.29 is 24.4 Å². The van der Waals surface area contributed by atoms with Crippen LogP contribution in [-0.4, -0.2) is 57.9 Å². The van der Waals surface area contributed by atoms with Crippen LogP contribution in [0.25, 0.3) is 0 Å². The highest BCUT2D eigenvalue weighted by atomic mass is 32.1. The maximum atomic E-state index is 10.6. The Labute approximate surface area is 251 Å². The van der Waals surface area contributed by atoms with Crippen molar-refractivity contribution in [3.8, 4) is 0 Å². The van der Waals surface area contributed by atoms with Crippen molar-refractivity contribution in [2.75, 3.05) is 13.2 Å². The monoisotopic (exact) mass is 588 g/mol. The molecule has 2 N–H and O–H groups in total. The first-order chi connectivity index (χ1) is 19.0. The van der Waals surface area contributed by atoms with Crippen LogP contribution in [0.15, 0.2) is 0 Å². The molecule has 0 spiro atoms. The molecule has 0 bridgehead atoms. The van der Waals surface area contributed by atoms with Crippen molar-refractivity contribution in [3.63, 3.8) is 0 Å². The summed E-state index contributed by atoms with van der Waals surface area (Å²) in [4.78, 5) is 0. The zero-order valence-corrected chi connectivity index (χ0v) is 26.8. The average Bonchev–Trinajstić information content (AvgIpc) is 2.93. The van der Waals surface area contributed by atoms with Gasteiger partial charge in [-0.05, 0) is 37.3 Å². The highest BCUT2D eigenvalue weighted by Gasteiger charge is 2.40. The van der Waals surface area contributed by atoms with Gasteiger partial charge in [-0.3, -0.25) is 0 Å². The first-order valence-electron chi connectivity index (χ1n) is 16.3. The first-order valence-corrected chi connectivity index (χ1v) is 17.1. The summed E-state index contributed by atoms with van der Waals surface area (Å²) in [6, 6.07) is 0. The summed E-state index contributed by atoms with van der Waals surface area (Å²) in [5, 5.41) is 22.2. The van der Waals surface area contributed by atoms with Crippen LogP contribution in [0, 0.1) is 0 Å². The molecule has 4 atom stereocenters. The summed E-state index contributed by atoms with van der Waals surface area (Å²) in [6.07, 6.45) is 23.6. The van der Waals surface area contributed by atoms with Crippen molar-refractivity contribution in [2.24, 2.45) is 0 Å². The molecule has 1 aliphatic heterocycles. The SMILES string of the molecule is CCCCCCCCCCCCC(=S)OC[C@H]1OC[C@H](OC(=S)CCCCCCCCCCCC)[C@@H](O)[C@@H]1O. The van der Waals surface area contributed by atoms with E-state index in [9.17, 15) is 10.2 Å². The number of hydrogen-bond acceptors (Lipinski definition) is 7. The summed E-state index contributed by atoms with van der Waals surface area (Å²) in [7, 11) is 0. The largest absolute Gasteiger partial charge is 0.484 e. The van der Waals surface area contributed by atoms with Crippen LogP contribution in [0.5, 0.6) is 0 Å². The average molecular weight is 589 g/mol. The number of ether oxygens (including phenoxy) is 3. The molecular formula is C32H60O5S2. The van der Waals surface area contributed by atoms with Gasteiger partial charge in [0.05, 0.1) is 6.61 Å². The third kappa shape index (κ3) is 19.4. The molecule has 1 rings (SSSR count). The minimum atomic E-state index is -1.09. The molecular weight excluding hydrogens is 528 g/mol. The highest BCUT2D eigenvalue weighted by molar-refractivity contribution is 7.80. The van der Waals surface area contributed by atoms with E-state index in [0.717, 1.165) is 32.1 Å². The molecule has 0 saturated carbocycles. The van der Waals surface area contributed by atoms with Crippen LogP contribution in [0.2, 0.25) is 0 Å². The molecule has 0 aromatic rings. The van der Waals surface area contributed by atoms with Crippen LogP contribution in [0.4, 0.5) is 0 Å². The molecule has 1 fully saturated rings. The Kier molecular flexibility index (Phi) is 23.9. The topological polar surface area (TPSA) is 68.2 Å². The molecule has 0 radical (unpaired) electrons. The fraction of sp³-hybridized carbons (Fsp3) is 0.938. The third-order valence-corrected chi connectivity index (χ3v) is 8.37. The minimum absolute atomic E-state index is 0.143. The van der Waals surface area contributed by atoms with Crippen LogP contribution in [0.1, 0.15) is 155 Å². The van der Waals surface area contributed by atoms with Gasteiger partial charge in [-0.1, -0.05) is 129 Å². The van der Waals surface area contributed by atoms with Crippen molar-refractivity contribution in [2.45, 2.75) is 180 Å². The lowest BCUT2D eigenvalue weighted by Crippen LogP contribution is -2.55. The fourth-order valence-electron chi connectivity index (χ4n) is 5.09. The van der Waals surface area contributed by atoms with Crippen LogP contribution in [-0.2, 0) is 14.2 Å². The van der Waals surface area contributed by atoms with Gasteiger partial charge in [0, 0.05) is 12.8 Å². The van der Waals surface area contributed by atoms with Crippen LogP contribution >= 0.6 is 24.4 Å². The summed E-state index contributed by atoms with van der Waals surface area (Å²) in [5.74, 6) is 0. The summed E-state index contributed by atoms with van der Waals surface area (Å²) in [6.45, 7) is 4.82. The second-order valence-electron chi connectivity index (χ2n) is 11.4. The number of unbranched alkanes of at least 4 members (excludes halogenated alkanes) is 18. The molecule has 5 nitrogen and oxygen atoms in total. The van der Waals surface area contributed by atoms with Crippen molar-refractivity contribution in [1.82, 2.24) is 0 Å². The zero-order valence-electron chi connectivity index (χ0n) is 25.2. The van der Waals surface area contributed by atoms with Gasteiger partial charge in [0.25, 0.3) is 0 Å². The van der Waals surface area contributed by atoms with Gasteiger partial charge in [0.2, 0.25) is 0 Å². The minimum Gasteiger partial charge on any atom is -0.484 e. The lowest BCUT2D eigenvalue weighted by atomic mass is 10.0.